The Kier molecular flexibility index (Phi) is 8.10. The number of carbonyl (C=O) groups excluding carboxylic acids is 2. The fourth-order valence-corrected chi connectivity index (χ4v) is 4.81. The molecule has 1 unspecified atom stereocenters. The van der Waals surface area contributed by atoms with Gasteiger partial charge in [0, 0.05) is 23.5 Å². The van der Waals surface area contributed by atoms with Gasteiger partial charge in [0.25, 0.3) is 11.7 Å². The van der Waals surface area contributed by atoms with Gasteiger partial charge in [0.05, 0.1) is 18.2 Å². The molecule has 32 heavy (non-hydrogen) atoms. The first-order valence-electron chi connectivity index (χ1n) is 11.2. The molecule has 1 fully saturated rings. The number of carbonyl (C=O) groups is 2. The van der Waals surface area contributed by atoms with E-state index in [-0.39, 0.29) is 11.3 Å². The number of likely N-dealkylation sites (tertiary alicyclic amines) is 1. The van der Waals surface area contributed by atoms with Crippen molar-refractivity contribution < 1.29 is 19.4 Å². The molecule has 1 N–H and O–H groups in total. The molecule has 1 aromatic heterocycles. The maximum absolute atomic E-state index is 13.1. The lowest BCUT2D eigenvalue weighted by molar-refractivity contribution is -0.140. The highest BCUT2D eigenvalue weighted by Gasteiger charge is 2.46. The highest BCUT2D eigenvalue weighted by molar-refractivity contribution is 7.10. The van der Waals surface area contributed by atoms with Crippen molar-refractivity contribution in [2.45, 2.75) is 40.2 Å². The van der Waals surface area contributed by atoms with Crippen LogP contribution in [0, 0.1) is 6.92 Å². The zero-order chi connectivity index (χ0) is 23.3. The lowest BCUT2D eigenvalue weighted by Gasteiger charge is -2.27. The number of rotatable bonds is 10. The quantitative estimate of drug-likeness (QED) is 0.321. The first kappa shape index (κ1) is 24.0. The van der Waals surface area contributed by atoms with Crippen molar-refractivity contribution in [3.63, 3.8) is 0 Å². The van der Waals surface area contributed by atoms with Crippen molar-refractivity contribution in [2.75, 3.05) is 32.8 Å². The third-order valence-corrected chi connectivity index (χ3v) is 6.74. The molecule has 2 heterocycles. The molecule has 172 valence electrons. The summed E-state index contributed by atoms with van der Waals surface area (Å²) < 4.78 is 5.73. The Balaban J connectivity index is 2.01. The number of aliphatic hydroxyl groups excluding tert-OH is 1. The highest BCUT2D eigenvalue weighted by atomic mass is 32.1. The molecular weight excluding hydrogens is 424 g/mol. The summed E-state index contributed by atoms with van der Waals surface area (Å²) in [5.74, 6) is -0.587. The van der Waals surface area contributed by atoms with Gasteiger partial charge in [0.2, 0.25) is 0 Å². The molecule has 1 aromatic carbocycles. The summed E-state index contributed by atoms with van der Waals surface area (Å²) in [4.78, 5) is 30.7. The predicted molar refractivity (Wildman–Crippen MR) is 128 cm³/mol. The number of hydrogen-bond acceptors (Lipinski definition) is 6. The van der Waals surface area contributed by atoms with E-state index in [1.807, 2.05) is 31.4 Å². The van der Waals surface area contributed by atoms with Crippen LogP contribution in [-0.4, -0.2) is 59.4 Å². The van der Waals surface area contributed by atoms with Crippen LogP contribution in [0.2, 0.25) is 0 Å². The smallest absolute Gasteiger partial charge is 0.295 e. The van der Waals surface area contributed by atoms with E-state index < -0.39 is 17.7 Å². The van der Waals surface area contributed by atoms with E-state index in [0.29, 0.717) is 25.3 Å². The van der Waals surface area contributed by atoms with Gasteiger partial charge < -0.3 is 19.6 Å². The topological polar surface area (TPSA) is 70.1 Å². The van der Waals surface area contributed by atoms with Gasteiger partial charge in [-0.1, -0.05) is 26.8 Å². The Morgan fingerprint density at radius 3 is 2.53 bits per heavy atom. The number of ketones is 1. The zero-order valence-electron chi connectivity index (χ0n) is 19.3. The number of thiophene rings is 1. The maximum Gasteiger partial charge on any atom is 0.295 e. The van der Waals surface area contributed by atoms with Crippen molar-refractivity contribution in [2.24, 2.45) is 0 Å². The largest absolute Gasteiger partial charge is 0.507 e. The van der Waals surface area contributed by atoms with Crippen LogP contribution in [-0.2, 0) is 9.59 Å². The van der Waals surface area contributed by atoms with Crippen molar-refractivity contribution in [3.8, 4) is 5.75 Å². The minimum absolute atomic E-state index is 0.141. The van der Waals surface area contributed by atoms with Crippen molar-refractivity contribution in [3.05, 3.63) is 57.3 Å². The molecule has 6 nitrogen and oxygen atoms in total. The van der Waals surface area contributed by atoms with E-state index in [9.17, 15) is 14.7 Å². The number of hydrogen-bond donors (Lipinski definition) is 1. The van der Waals surface area contributed by atoms with Crippen molar-refractivity contribution in [1.82, 2.24) is 9.80 Å². The number of amides is 1. The van der Waals surface area contributed by atoms with Crippen LogP contribution in [0.5, 0.6) is 5.75 Å². The Bertz CT molecular complexity index is 980. The third-order valence-electron chi connectivity index (χ3n) is 5.81. The first-order chi connectivity index (χ1) is 15.4. The second kappa shape index (κ2) is 10.8. The number of aryl methyl sites for hydroxylation is 1. The van der Waals surface area contributed by atoms with E-state index in [0.717, 1.165) is 35.7 Å². The van der Waals surface area contributed by atoms with Crippen LogP contribution in [0.25, 0.3) is 5.76 Å². The van der Waals surface area contributed by atoms with Gasteiger partial charge >= 0.3 is 0 Å². The van der Waals surface area contributed by atoms with Gasteiger partial charge in [-0.2, -0.15) is 0 Å². The van der Waals surface area contributed by atoms with E-state index >= 15 is 0 Å². The monoisotopic (exact) mass is 456 g/mol. The molecule has 0 aliphatic carbocycles. The van der Waals surface area contributed by atoms with Crippen molar-refractivity contribution >= 4 is 28.8 Å². The van der Waals surface area contributed by atoms with Gasteiger partial charge in [0.15, 0.2) is 0 Å². The molecule has 7 heteroatoms. The summed E-state index contributed by atoms with van der Waals surface area (Å²) in [6.45, 7) is 11.5. The molecule has 1 amide bonds. The summed E-state index contributed by atoms with van der Waals surface area (Å²) in [5.41, 5.74) is 1.53. The van der Waals surface area contributed by atoms with Gasteiger partial charge in [-0.3, -0.25) is 9.59 Å². The molecule has 2 aromatic rings. The minimum Gasteiger partial charge on any atom is -0.507 e. The Hall–Kier alpha value is -2.64. The summed E-state index contributed by atoms with van der Waals surface area (Å²) in [6, 6.07) is 8.57. The number of Topliss-reactive ketones (excluding diaryl/α,β-unsaturated/α-hetero) is 1. The number of likely N-dealkylation sites (N-methyl/N-ethyl adjacent to an activating group) is 1. The number of benzene rings is 1. The van der Waals surface area contributed by atoms with Crippen LogP contribution in [0.1, 0.15) is 49.2 Å². The Morgan fingerprint density at radius 1 is 1.19 bits per heavy atom. The average Bonchev–Trinajstić information content (AvgIpc) is 3.41. The molecular formula is C25H32N2O4S. The standard InChI is InChI=1S/C25H32N2O4S/c1-5-14-31-19-11-10-18(16-17(19)4)23(28)21-22(20-9-8-15-32-20)27(25(30)24(21)29)13-12-26(6-2)7-3/h8-11,15-16,22,28H,5-7,12-14H2,1-4H3/b23-21-. The molecule has 3 rings (SSSR count). The van der Waals surface area contributed by atoms with Gasteiger partial charge in [-0.15, -0.1) is 11.3 Å². The molecule has 1 saturated heterocycles. The SMILES string of the molecule is CCCOc1ccc(/C(O)=C2/C(=O)C(=O)N(CCN(CC)CC)C2c2cccs2)cc1C. The van der Waals surface area contributed by atoms with E-state index in [4.69, 9.17) is 4.74 Å². The van der Waals surface area contributed by atoms with E-state index in [2.05, 4.69) is 18.7 Å². The third kappa shape index (κ3) is 4.89. The summed E-state index contributed by atoms with van der Waals surface area (Å²) in [7, 11) is 0. The number of aliphatic hydroxyl groups is 1. The second-order valence-corrected chi connectivity index (χ2v) is 8.84. The summed E-state index contributed by atoms with van der Waals surface area (Å²) in [6.07, 6.45) is 0.902. The highest BCUT2D eigenvalue weighted by Crippen LogP contribution is 2.41. The molecule has 0 bridgehead atoms. The maximum atomic E-state index is 13.1. The fourth-order valence-electron chi connectivity index (χ4n) is 3.97. The first-order valence-corrected chi connectivity index (χ1v) is 12.1. The number of nitrogens with zero attached hydrogens (tertiary/aromatic N) is 2. The minimum atomic E-state index is -0.635. The van der Waals surface area contributed by atoms with Crippen LogP contribution in [0.4, 0.5) is 0 Å². The van der Waals surface area contributed by atoms with Gasteiger partial charge in [-0.25, -0.2) is 0 Å². The zero-order valence-corrected chi connectivity index (χ0v) is 20.1. The van der Waals surface area contributed by atoms with Crippen LogP contribution < -0.4 is 4.74 Å². The fraction of sp³-hybridized carbons (Fsp3) is 0.440. The molecule has 0 spiro atoms. The molecule has 1 atom stereocenters. The molecule has 0 saturated carbocycles. The lowest BCUT2D eigenvalue weighted by Crippen LogP contribution is -2.37. The summed E-state index contributed by atoms with van der Waals surface area (Å²) >= 11 is 1.48. The average molecular weight is 457 g/mol. The normalized spacial score (nSPS) is 18.0. The van der Waals surface area contributed by atoms with Crippen molar-refractivity contribution in [1.29, 1.82) is 0 Å². The van der Waals surface area contributed by atoms with E-state index in [1.54, 1.807) is 23.1 Å². The molecule has 1 aliphatic rings. The van der Waals surface area contributed by atoms with Crippen LogP contribution >= 0.6 is 11.3 Å². The lowest BCUT2D eigenvalue weighted by atomic mass is 9.98. The van der Waals surface area contributed by atoms with Crippen LogP contribution in [0.15, 0.2) is 41.3 Å². The van der Waals surface area contributed by atoms with Crippen LogP contribution in [0.3, 0.4) is 0 Å². The van der Waals surface area contributed by atoms with Gasteiger partial charge in [0.1, 0.15) is 11.5 Å². The Labute approximate surface area is 194 Å². The van der Waals surface area contributed by atoms with E-state index in [1.165, 1.54) is 11.3 Å². The molecule has 0 radical (unpaired) electrons. The second-order valence-electron chi connectivity index (χ2n) is 7.86. The van der Waals surface area contributed by atoms with Gasteiger partial charge in [-0.05, 0) is 61.6 Å². The Morgan fingerprint density at radius 2 is 1.94 bits per heavy atom. The summed E-state index contributed by atoms with van der Waals surface area (Å²) in [5, 5.41) is 13.1. The predicted octanol–water partition coefficient (Wildman–Crippen LogP) is 4.61. The molecule has 1 aliphatic heterocycles. The number of ether oxygens (including phenoxy) is 1.